The van der Waals surface area contributed by atoms with Crippen molar-refractivity contribution in [3.8, 4) is 17.3 Å². The van der Waals surface area contributed by atoms with E-state index in [1.165, 1.54) is 18.2 Å². The summed E-state index contributed by atoms with van der Waals surface area (Å²) in [5.74, 6) is 0.701. The summed E-state index contributed by atoms with van der Waals surface area (Å²) in [7, 11) is 2.08. The third-order valence-corrected chi connectivity index (χ3v) is 8.68. The number of aromatic nitrogens is 5. The molecule has 10 nitrogen and oxygen atoms in total. The quantitative estimate of drug-likeness (QED) is 0.308. The monoisotopic (exact) mass is 598 g/mol. The van der Waals surface area contributed by atoms with E-state index in [-0.39, 0.29) is 22.5 Å². The number of benzene rings is 2. The second kappa shape index (κ2) is 10.3. The third-order valence-electron chi connectivity index (χ3n) is 8.36. The number of anilines is 2. The molecule has 1 fully saturated rings. The number of phenolic OH excluding ortho intramolecular Hbond substituents is 1. The van der Waals surface area contributed by atoms with Gasteiger partial charge < -0.3 is 24.6 Å². The first-order valence-electron chi connectivity index (χ1n) is 13.9. The minimum Gasteiger partial charge on any atom is -0.506 e. The predicted octanol–water partition coefficient (Wildman–Crippen LogP) is 4.29. The fourth-order valence-corrected chi connectivity index (χ4v) is 5.94. The van der Waals surface area contributed by atoms with Crippen LogP contribution in [0.15, 0.2) is 61.1 Å². The molecule has 0 radical (unpaired) electrons. The maximum atomic E-state index is 13.7. The highest BCUT2D eigenvalue weighted by Gasteiger charge is 2.49. The van der Waals surface area contributed by atoms with Crippen LogP contribution in [0, 0.1) is 5.82 Å². The maximum absolute atomic E-state index is 13.7. The Morgan fingerprint density at radius 3 is 2.58 bits per heavy atom. The van der Waals surface area contributed by atoms with E-state index < -0.39 is 5.41 Å². The second-order valence-corrected chi connectivity index (χ2v) is 11.6. The molecule has 2 aliphatic rings. The van der Waals surface area contributed by atoms with Crippen LogP contribution in [-0.2, 0) is 16.6 Å². The lowest BCUT2D eigenvalue weighted by Crippen LogP contribution is -2.46. The van der Waals surface area contributed by atoms with E-state index in [1.807, 2.05) is 23.7 Å². The molecule has 0 bridgehead atoms. The molecule has 43 heavy (non-hydrogen) atoms. The summed E-state index contributed by atoms with van der Waals surface area (Å²) in [6.45, 7) is 4.89. The Morgan fingerprint density at radius 2 is 1.84 bits per heavy atom. The van der Waals surface area contributed by atoms with Crippen LogP contribution in [0.3, 0.4) is 0 Å². The standard InChI is InChI=1S/C31H28ClFN8O2/c1-31(19-5-8-21(32)24(42)16-19)25-27(38-30(31)43)36-26(37-29(25)40-13-11-39(2)12-14-40)23-17-41-10-9-34-28(41)22(35-23)15-18-3-6-20(33)7-4-18/h3-10,16-17,42H,11-15H2,1-2H3,(H,36,37,38,43)/t31-/m1/s1. The molecule has 0 unspecified atom stereocenters. The van der Waals surface area contributed by atoms with Gasteiger partial charge in [-0.25, -0.2) is 24.3 Å². The lowest BCUT2D eigenvalue weighted by atomic mass is 9.77. The van der Waals surface area contributed by atoms with Crippen molar-refractivity contribution < 1.29 is 14.3 Å². The Bertz CT molecular complexity index is 1890. The smallest absolute Gasteiger partial charge is 0.240 e. The topological polar surface area (TPSA) is 112 Å². The van der Waals surface area contributed by atoms with Gasteiger partial charge in [0.2, 0.25) is 5.91 Å². The molecule has 5 aromatic rings. The number of rotatable bonds is 5. The van der Waals surface area contributed by atoms with Gasteiger partial charge in [-0.05, 0) is 49.4 Å². The van der Waals surface area contributed by atoms with Crippen LogP contribution in [0.4, 0.5) is 16.0 Å². The minimum absolute atomic E-state index is 0.105. The number of carbonyl (C=O) groups excluding carboxylic acids is 1. The zero-order valence-corrected chi connectivity index (χ0v) is 24.3. The average Bonchev–Trinajstić information content (AvgIpc) is 3.58. The fraction of sp³-hybridized carbons (Fsp3) is 0.258. The van der Waals surface area contributed by atoms with Gasteiger partial charge in [0.15, 0.2) is 11.5 Å². The number of nitrogens with zero attached hydrogens (tertiary/aromatic N) is 7. The van der Waals surface area contributed by atoms with Crippen molar-refractivity contribution in [3.63, 3.8) is 0 Å². The highest BCUT2D eigenvalue weighted by molar-refractivity contribution is 6.32. The lowest BCUT2D eigenvalue weighted by Gasteiger charge is -2.36. The number of fused-ring (bicyclic) bond motifs is 2. The van der Waals surface area contributed by atoms with Crippen molar-refractivity contribution in [1.29, 1.82) is 0 Å². The predicted molar refractivity (Wildman–Crippen MR) is 161 cm³/mol. The summed E-state index contributed by atoms with van der Waals surface area (Å²) < 4.78 is 15.4. The number of hydrogen-bond donors (Lipinski definition) is 2. The van der Waals surface area contributed by atoms with Gasteiger partial charge in [-0.15, -0.1) is 0 Å². The molecule has 2 aromatic carbocycles. The molecule has 0 spiro atoms. The first-order chi connectivity index (χ1) is 20.7. The van der Waals surface area contributed by atoms with E-state index >= 15 is 0 Å². The molecule has 7 rings (SSSR count). The molecule has 2 aliphatic heterocycles. The summed E-state index contributed by atoms with van der Waals surface area (Å²) in [6.07, 6.45) is 5.77. The van der Waals surface area contributed by atoms with E-state index in [9.17, 15) is 14.3 Å². The summed E-state index contributed by atoms with van der Waals surface area (Å²) in [5, 5.41) is 13.6. The zero-order chi connectivity index (χ0) is 29.9. The molecule has 0 aliphatic carbocycles. The number of imidazole rings is 1. The largest absolute Gasteiger partial charge is 0.506 e. The number of nitrogens with one attached hydrogen (secondary N) is 1. The SMILES string of the molecule is CN1CCN(c2nc(-c3cn4ccnc4c(Cc4ccc(F)cc4)n3)nc3c2[C@@](C)(c2ccc(Cl)c(O)c2)C(=O)N3)CC1. The summed E-state index contributed by atoms with van der Waals surface area (Å²) in [6, 6.07) is 11.2. The highest BCUT2D eigenvalue weighted by Crippen LogP contribution is 2.48. The van der Waals surface area contributed by atoms with Crippen LogP contribution in [0.2, 0.25) is 5.02 Å². The molecule has 3 aromatic heterocycles. The Morgan fingerprint density at radius 1 is 1.07 bits per heavy atom. The van der Waals surface area contributed by atoms with Gasteiger partial charge in [-0.2, -0.15) is 0 Å². The van der Waals surface area contributed by atoms with Crippen LogP contribution >= 0.6 is 11.6 Å². The minimum atomic E-state index is -1.18. The van der Waals surface area contributed by atoms with Gasteiger partial charge in [0.1, 0.15) is 34.3 Å². The van der Waals surface area contributed by atoms with Gasteiger partial charge in [-0.1, -0.05) is 29.8 Å². The number of piperazine rings is 1. The van der Waals surface area contributed by atoms with E-state index in [4.69, 9.17) is 26.6 Å². The van der Waals surface area contributed by atoms with Crippen LogP contribution in [-0.4, -0.2) is 73.5 Å². The van der Waals surface area contributed by atoms with E-state index in [1.54, 1.807) is 30.5 Å². The van der Waals surface area contributed by atoms with Crippen LogP contribution < -0.4 is 10.2 Å². The summed E-state index contributed by atoms with van der Waals surface area (Å²) in [5.41, 5.74) is 2.80. The Labute approximate surface area is 251 Å². The lowest BCUT2D eigenvalue weighted by molar-refractivity contribution is -0.119. The van der Waals surface area contributed by atoms with E-state index in [0.717, 1.165) is 18.7 Å². The molecule has 2 N–H and O–H groups in total. The Hall–Kier alpha value is -4.61. The molecule has 12 heteroatoms. The average molecular weight is 599 g/mol. The van der Waals surface area contributed by atoms with Crippen molar-refractivity contribution >= 4 is 34.8 Å². The Kier molecular flexibility index (Phi) is 6.51. The molecule has 1 amide bonds. The first-order valence-corrected chi connectivity index (χ1v) is 14.3. The summed E-state index contributed by atoms with van der Waals surface area (Å²) >= 11 is 6.11. The molecular weight excluding hydrogens is 571 g/mol. The van der Waals surface area contributed by atoms with E-state index in [0.29, 0.717) is 65.1 Å². The number of hydrogen-bond acceptors (Lipinski definition) is 8. The molecular formula is C31H28ClFN8O2. The Balaban J connectivity index is 1.39. The summed E-state index contributed by atoms with van der Waals surface area (Å²) in [4.78, 5) is 37.5. The van der Waals surface area contributed by atoms with Crippen LogP contribution in [0.5, 0.6) is 5.75 Å². The number of aromatic hydroxyl groups is 1. The number of likely N-dealkylation sites (N-methyl/N-ethyl adjacent to an activating group) is 1. The molecule has 1 atom stereocenters. The maximum Gasteiger partial charge on any atom is 0.240 e. The van der Waals surface area contributed by atoms with Gasteiger partial charge >= 0.3 is 0 Å². The highest BCUT2D eigenvalue weighted by atomic mass is 35.5. The molecule has 5 heterocycles. The van der Waals surface area contributed by atoms with Gasteiger partial charge in [0, 0.05) is 51.2 Å². The van der Waals surface area contributed by atoms with Gasteiger partial charge in [-0.3, -0.25) is 4.79 Å². The van der Waals surface area contributed by atoms with Crippen LogP contribution in [0.1, 0.15) is 29.3 Å². The number of halogens is 2. The normalized spacial score (nSPS) is 18.7. The van der Waals surface area contributed by atoms with E-state index in [2.05, 4.69) is 27.1 Å². The van der Waals surface area contributed by atoms with Crippen molar-refractivity contribution in [2.24, 2.45) is 0 Å². The first kappa shape index (κ1) is 27.2. The van der Waals surface area contributed by atoms with Gasteiger partial charge in [0.05, 0.1) is 16.3 Å². The van der Waals surface area contributed by atoms with Crippen molar-refractivity contribution in [1.82, 2.24) is 29.2 Å². The number of phenols is 1. The molecule has 0 saturated carbocycles. The van der Waals surface area contributed by atoms with Crippen molar-refractivity contribution in [2.75, 3.05) is 43.4 Å². The molecule has 1 saturated heterocycles. The second-order valence-electron chi connectivity index (χ2n) is 11.2. The third kappa shape index (κ3) is 4.65. The number of carbonyl (C=O) groups is 1. The number of amides is 1. The van der Waals surface area contributed by atoms with Crippen molar-refractivity contribution in [2.45, 2.75) is 18.8 Å². The zero-order valence-electron chi connectivity index (χ0n) is 23.6. The van der Waals surface area contributed by atoms with Crippen molar-refractivity contribution in [3.05, 3.63) is 94.3 Å². The fourth-order valence-electron chi connectivity index (χ4n) is 5.83. The van der Waals surface area contributed by atoms with Crippen LogP contribution in [0.25, 0.3) is 17.2 Å². The molecule has 218 valence electrons. The van der Waals surface area contributed by atoms with Gasteiger partial charge in [0.25, 0.3) is 0 Å².